The molecule has 1 aliphatic heterocycles. The molecule has 5 nitrogen and oxygen atoms in total. The molecule has 0 atom stereocenters. The highest BCUT2D eigenvalue weighted by atomic mass is 32.2. The number of anilines is 1. The van der Waals surface area contributed by atoms with Gasteiger partial charge in [-0.05, 0) is 18.6 Å². The minimum atomic E-state index is -4.61. The van der Waals surface area contributed by atoms with Crippen molar-refractivity contribution < 1.29 is 27.6 Å². The van der Waals surface area contributed by atoms with Crippen molar-refractivity contribution in [1.82, 2.24) is 4.98 Å². The minimum absolute atomic E-state index is 0.124. The van der Waals surface area contributed by atoms with E-state index >= 15 is 0 Å². The van der Waals surface area contributed by atoms with Gasteiger partial charge in [0, 0.05) is 37.4 Å². The maximum absolute atomic E-state index is 13.3. The lowest BCUT2D eigenvalue weighted by Crippen LogP contribution is -2.37. The van der Waals surface area contributed by atoms with Crippen molar-refractivity contribution in [1.29, 1.82) is 0 Å². The molecule has 0 spiro atoms. The lowest BCUT2D eigenvalue weighted by atomic mass is 9.82. The van der Waals surface area contributed by atoms with Gasteiger partial charge in [-0.15, -0.1) is 0 Å². The van der Waals surface area contributed by atoms with Crippen LogP contribution in [0.5, 0.6) is 0 Å². The van der Waals surface area contributed by atoms with Gasteiger partial charge in [0.1, 0.15) is 17.4 Å². The van der Waals surface area contributed by atoms with Crippen LogP contribution in [0.15, 0.2) is 12.1 Å². The zero-order valence-corrected chi connectivity index (χ0v) is 14.7. The SMILES string of the molecule is O=C1CCCC(=O)C1C(=O)c1ccc(C(F)(F)F)c(N2CCSCC2)n1. The number of aromatic nitrogens is 1. The summed E-state index contributed by atoms with van der Waals surface area (Å²) in [5.74, 6) is -2.18. The van der Waals surface area contributed by atoms with Crippen molar-refractivity contribution in [2.24, 2.45) is 5.92 Å². The van der Waals surface area contributed by atoms with Gasteiger partial charge in [0.2, 0.25) is 0 Å². The maximum atomic E-state index is 13.3. The predicted octanol–water partition coefficient (Wildman–Crippen LogP) is 2.77. The van der Waals surface area contributed by atoms with E-state index in [0.29, 0.717) is 31.0 Å². The molecule has 26 heavy (non-hydrogen) atoms. The van der Waals surface area contributed by atoms with Gasteiger partial charge in [-0.25, -0.2) is 4.98 Å². The molecule has 0 amide bonds. The average molecular weight is 386 g/mol. The first-order chi connectivity index (χ1) is 12.3. The number of hydrogen-bond acceptors (Lipinski definition) is 6. The summed E-state index contributed by atoms with van der Waals surface area (Å²) in [6.07, 6.45) is -3.96. The monoisotopic (exact) mass is 386 g/mol. The van der Waals surface area contributed by atoms with Gasteiger partial charge in [0.25, 0.3) is 0 Å². The van der Waals surface area contributed by atoms with Crippen LogP contribution in [0, 0.1) is 5.92 Å². The van der Waals surface area contributed by atoms with E-state index in [2.05, 4.69) is 4.98 Å². The number of halogens is 3. The Hall–Kier alpha value is -1.90. The van der Waals surface area contributed by atoms with Crippen LogP contribution in [-0.2, 0) is 15.8 Å². The van der Waals surface area contributed by atoms with Crippen LogP contribution in [0.2, 0.25) is 0 Å². The lowest BCUT2D eigenvalue weighted by molar-refractivity contribution is -0.137. The third-order valence-corrected chi connectivity index (χ3v) is 5.44. The standard InChI is InChI=1S/C17H17F3N2O3S/c18-17(19,20)10-4-5-11(21-16(10)22-6-8-26-9-7-22)15(25)14-12(23)2-1-3-13(14)24/h4-5,14H,1-3,6-9H2. The molecule has 0 aromatic carbocycles. The van der Waals surface area contributed by atoms with Crippen LogP contribution in [0.3, 0.4) is 0 Å². The van der Waals surface area contributed by atoms with Gasteiger partial charge in [-0.2, -0.15) is 24.9 Å². The fourth-order valence-electron chi connectivity index (χ4n) is 3.17. The topological polar surface area (TPSA) is 67.3 Å². The van der Waals surface area contributed by atoms with Crippen LogP contribution in [0.1, 0.15) is 35.3 Å². The van der Waals surface area contributed by atoms with Crippen molar-refractivity contribution in [3.8, 4) is 0 Å². The fourth-order valence-corrected chi connectivity index (χ4v) is 4.07. The van der Waals surface area contributed by atoms with E-state index in [9.17, 15) is 27.6 Å². The molecule has 3 rings (SSSR count). The first-order valence-corrected chi connectivity index (χ1v) is 9.45. The van der Waals surface area contributed by atoms with E-state index in [1.54, 1.807) is 11.8 Å². The number of Topliss-reactive ketones (excluding diaryl/α,β-unsaturated/α-hetero) is 3. The van der Waals surface area contributed by atoms with Crippen LogP contribution >= 0.6 is 11.8 Å². The first-order valence-electron chi connectivity index (χ1n) is 8.29. The number of rotatable bonds is 3. The summed E-state index contributed by atoms with van der Waals surface area (Å²) in [6, 6.07) is 1.78. The van der Waals surface area contributed by atoms with Crippen LogP contribution < -0.4 is 4.90 Å². The highest BCUT2D eigenvalue weighted by Gasteiger charge is 2.40. The Morgan fingerprint density at radius 1 is 1.12 bits per heavy atom. The summed E-state index contributed by atoms with van der Waals surface area (Å²) in [6.45, 7) is 0.777. The van der Waals surface area contributed by atoms with E-state index in [0.717, 1.165) is 12.1 Å². The Morgan fingerprint density at radius 3 is 2.31 bits per heavy atom. The second-order valence-corrected chi connectivity index (χ2v) is 7.47. The normalized spacial score (nSPS) is 19.7. The van der Waals surface area contributed by atoms with Gasteiger partial charge in [-0.3, -0.25) is 14.4 Å². The Morgan fingerprint density at radius 2 is 1.73 bits per heavy atom. The molecule has 0 radical (unpaired) electrons. The number of ketones is 3. The van der Waals surface area contributed by atoms with E-state index < -0.39 is 35.0 Å². The molecule has 2 aliphatic rings. The first kappa shape index (κ1) is 18.9. The molecule has 1 saturated carbocycles. The summed E-state index contributed by atoms with van der Waals surface area (Å²) in [5, 5.41) is 0. The molecule has 1 aromatic heterocycles. The summed E-state index contributed by atoms with van der Waals surface area (Å²) in [5.41, 5.74) is -1.18. The number of alkyl halides is 3. The number of carbonyl (C=O) groups is 3. The molecule has 0 bridgehead atoms. The van der Waals surface area contributed by atoms with E-state index in [1.807, 2.05) is 0 Å². The quantitative estimate of drug-likeness (QED) is 0.588. The lowest BCUT2D eigenvalue weighted by Gasteiger charge is -2.30. The number of thioether (sulfide) groups is 1. The van der Waals surface area contributed by atoms with E-state index in [1.165, 1.54) is 4.90 Å². The molecule has 2 heterocycles. The number of hydrogen-bond donors (Lipinski definition) is 0. The highest BCUT2D eigenvalue weighted by Crippen LogP contribution is 2.36. The van der Waals surface area contributed by atoms with Crippen molar-refractivity contribution in [2.45, 2.75) is 25.4 Å². The summed E-state index contributed by atoms with van der Waals surface area (Å²) in [4.78, 5) is 42.0. The second kappa shape index (κ2) is 7.38. The zero-order chi connectivity index (χ0) is 18.9. The zero-order valence-electron chi connectivity index (χ0n) is 13.8. The second-order valence-electron chi connectivity index (χ2n) is 6.25. The van der Waals surface area contributed by atoms with E-state index in [4.69, 9.17) is 0 Å². The smallest absolute Gasteiger partial charge is 0.354 e. The Balaban J connectivity index is 1.99. The third-order valence-electron chi connectivity index (χ3n) is 4.50. The van der Waals surface area contributed by atoms with Crippen molar-refractivity contribution in [3.63, 3.8) is 0 Å². The van der Waals surface area contributed by atoms with E-state index in [-0.39, 0.29) is 24.4 Å². The molecular formula is C17H17F3N2O3S. The van der Waals surface area contributed by atoms with Crippen LogP contribution in [0.4, 0.5) is 19.0 Å². The number of carbonyl (C=O) groups excluding carboxylic acids is 3. The van der Waals surface area contributed by atoms with Gasteiger partial charge >= 0.3 is 6.18 Å². The van der Waals surface area contributed by atoms with Crippen molar-refractivity contribution in [3.05, 3.63) is 23.4 Å². The summed E-state index contributed by atoms with van der Waals surface area (Å²) < 4.78 is 40.0. The van der Waals surface area contributed by atoms with Crippen LogP contribution in [-0.4, -0.2) is 46.9 Å². The summed E-state index contributed by atoms with van der Waals surface area (Å²) >= 11 is 1.63. The van der Waals surface area contributed by atoms with Gasteiger partial charge in [-0.1, -0.05) is 0 Å². The molecule has 1 saturated heterocycles. The van der Waals surface area contributed by atoms with Crippen molar-refractivity contribution in [2.75, 3.05) is 29.5 Å². The average Bonchev–Trinajstić information content (AvgIpc) is 2.61. The Bertz CT molecular complexity index is 729. The minimum Gasteiger partial charge on any atom is -0.354 e. The number of pyridine rings is 1. The molecular weight excluding hydrogens is 369 g/mol. The Labute approximate surface area is 152 Å². The molecule has 0 N–H and O–H groups in total. The number of nitrogens with zero attached hydrogens (tertiary/aromatic N) is 2. The molecule has 2 fully saturated rings. The summed E-state index contributed by atoms with van der Waals surface area (Å²) in [7, 11) is 0. The fraction of sp³-hybridized carbons (Fsp3) is 0.529. The molecule has 0 unspecified atom stereocenters. The maximum Gasteiger partial charge on any atom is 0.419 e. The largest absolute Gasteiger partial charge is 0.419 e. The van der Waals surface area contributed by atoms with Crippen LogP contribution in [0.25, 0.3) is 0 Å². The molecule has 140 valence electrons. The van der Waals surface area contributed by atoms with Gasteiger partial charge in [0.05, 0.1) is 5.56 Å². The van der Waals surface area contributed by atoms with Crippen molar-refractivity contribution >= 4 is 34.9 Å². The molecule has 1 aromatic rings. The highest BCUT2D eigenvalue weighted by molar-refractivity contribution is 7.99. The van der Waals surface area contributed by atoms with Gasteiger partial charge < -0.3 is 4.90 Å². The predicted molar refractivity (Wildman–Crippen MR) is 90.5 cm³/mol. The Kier molecular flexibility index (Phi) is 5.36. The third kappa shape index (κ3) is 3.77. The molecule has 1 aliphatic carbocycles. The molecule has 9 heteroatoms. The van der Waals surface area contributed by atoms with Gasteiger partial charge in [0.15, 0.2) is 17.3 Å².